The lowest BCUT2D eigenvalue weighted by Gasteiger charge is -2.12. The molecule has 6 heteroatoms. The molecule has 4 nitrogen and oxygen atoms in total. The Kier molecular flexibility index (Phi) is 6.45. The lowest BCUT2D eigenvalue weighted by Crippen LogP contribution is -2.44. The number of benzene rings is 1. The molecule has 24 heavy (non-hydrogen) atoms. The Labute approximate surface area is 151 Å². The van der Waals surface area contributed by atoms with Gasteiger partial charge in [-0.05, 0) is 51.0 Å². The van der Waals surface area contributed by atoms with E-state index >= 15 is 0 Å². The monoisotopic (exact) mass is 362 g/mol. The van der Waals surface area contributed by atoms with Crippen LogP contribution in [0.2, 0.25) is 0 Å². The van der Waals surface area contributed by atoms with Crippen molar-refractivity contribution in [3.63, 3.8) is 0 Å². The topological polar surface area (TPSA) is 58.2 Å². The summed E-state index contributed by atoms with van der Waals surface area (Å²) >= 11 is 2.92. The zero-order valence-corrected chi connectivity index (χ0v) is 15.9. The second-order valence-corrected chi connectivity index (χ2v) is 8.14. The van der Waals surface area contributed by atoms with Crippen molar-refractivity contribution in [3.05, 3.63) is 51.2 Å². The molecule has 0 saturated carbocycles. The summed E-state index contributed by atoms with van der Waals surface area (Å²) in [6.07, 6.45) is 0.903. The zero-order valence-electron chi connectivity index (χ0n) is 14.3. The number of amides is 2. The summed E-state index contributed by atoms with van der Waals surface area (Å²) in [7, 11) is 0. The van der Waals surface area contributed by atoms with Crippen LogP contribution in [-0.4, -0.2) is 17.1 Å². The van der Waals surface area contributed by atoms with E-state index in [-0.39, 0.29) is 17.1 Å². The first kappa shape index (κ1) is 18.5. The van der Waals surface area contributed by atoms with E-state index in [9.17, 15) is 9.59 Å². The standard InChI is InChI=1S/C18H22N2O2S2/c1-5-15-12(3)10-16(24-15)18(22)20-19-17(21)13(4)23-14-8-6-11(2)7-9-14/h6-10,13H,5H2,1-4H3,(H,19,21)(H,20,22)/t13-/m1/s1. The van der Waals surface area contributed by atoms with Crippen LogP contribution in [0, 0.1) is 13.8 Å². The van der Waals surface area contributed by atoms with Crippen LogP contribution in [0.5, 0.6) is 0 Å². The fourth-order valence-corrected chi connectivity index (χ4v) is 4.02. The number of hydrazine groups is 1. The smallest absolute Gasteiger partial charge is 0.272 e. The lowest BCUT2D eigenvalue weighted by atomic mass is 10.2. The number of thiophene rings is 1. The molecule has 2 amide bonds. The van der Waals surface area contributed by atoms with Crippen molar-refractivity contribution < 1.29 is 9.59 Å². The highest BCUT2D eigenvalue weighted by molar-refractivity contribution is 8.00. The van der Waals surface area contributed by atoms with E-state index < -0.39 is 0 Å². The molecule has 2 rings (SSSR count). The maximum absolute atomic E-state index is 12.1. The Hall–Kier alpha value is -1.79. The van der Waals surface area contributed by atoms with Crippen molar-refractivity contribution in [2.75, 3.05) is 0 Å². The highest BCUT2D eigenvalue weighted by Crippen LogP contribution is 2.24. The van der Waals surface area contributed by atoms with Gasteiger partial charge in [0.1, 0.15) is 0 Å². The van der Waals surface area contributed by atoms with Crippen LogP contribution in [-0.2, 0) is 11.2 Å². The number of hydrogen-bond donors (Lipinski definition) is 2. The van der Waals surface area contributed by atoms with E-state index in [0.717, 1.165) is 16.9 Å². The van der Waals surface area contributed by atoms with Crippen molar-refractivity contribution in [3.8, 4) is 0 Å². The Morgan fingerprint density at radius 2 is 1.83 bits per heavy atom. The van der Waals surface area contributed by atoms with Crippen molar-refractivity contribution in [2.24, 2.45) is 0 Å². The molecule has 1 heterocycles. The predicted octanol–water partition coefficient (Wildman–Crippen LogP) is 3.87. The van der Waals surface area contributed by atoms with E-state index in [1.54, 1.807) is 0 Å². The Morgan fingerprint density at radius 1 is 1.17 bits per heavy atom. The second-order valence-electron chi connectivity index (χ2n) is 5.59. The molecule has 0 aliphatic rings. The van der Waals surface area contributed by atoms with Gasteiger partial charge in [-0.1, -0.05) is 24.6 Å². The van der Waals surface area contributed by atoms with Crippen LogP contribution in [0.3, 0.4) is 0 Å². The van der Waals surface area contributed by atoms with Crippen LogP contribution < -0.4 is 10.9 Å². The minimum Gasteiger partial charge on any atom is -0.272 e. The van der Waals surface area contributed by atoms with Gasteiger partial charge in [-0.3, -0.25) is 20.4 Å². The summed E-state index contributed by atoms with van der Waals surface area (Å²) in [6, 6.07) is 9.86. The molecule has 0 fully saturated rings. The lowest BCUT2D eigenvalue weighted by molar-refractivity contribution is -0.121. The van der Waals surface area contributed by atoms with Crippen LogP contribution in [0.4, 0.5) is 0 Å². The Bertz CT molecular complexity index is 723. The molecule has 0 aliphatic heterocycles. The second kappa shape index (κ2) is 8.35. The van der Waals surface area contributed by atoms with Gasteiger partial charge in [0.15, 0.2) is 0 Å². The van der Waals surface area contributed by atoms with Crippen molar-refractivity contribution in [1.29, 1.82) is 0 Å². The number of carbonyl (C=O) groups excluding carboxylic acids is 2. The number of hydrogen-bond acceptors (Lipinski definition) is 4. The van der Waals surface area contributed by atoms with E-state index in [0.29, 0.717) is 4.88 Å². The molecule has 1 aromatic carbocycles. The first-order valence-corrected chi connectivity index (χ1v) is 9.53. The zero-order chi connectivity index (χ0) is 17.7. The fourth-order valence-electron chi connectivity index (χ4n) is 2.14. The highest BCUT2D eigenvalue weighted by Gasteiger charge is 2.17. The molecule has 0 radical (unpaired) electrons. The van der Waals surface area contributed by atoms with Gasteiger partial charge in [0.05, 0.1) is 10.1 Å². The summed E-state index contributed by atoms with van der Waals surface area (Å²) in [6.45, 7) is 7.89. The molecule has 0 saturated heterocycles. The van der Waals surface area contributed by atoms with Crippen LogP contribution in [0.15, 0.2) is 35.2 Å². The Morgan fingerprint density at radius 3 is 2.42 bits per heavy atom. The molecule has 1 atom stereocenters. The molecule has 128 valence electrons. The minimum absolute atomic E-state index is 0.224. The number of aryl methyl sites for hydroxylation is 3. The molecule has 2 N–H and O–H groups in total. The summed E-state index contributed by atoms with van der Waals surface area (Å²) in [5, 5.41) is -0.302. The molecule has 0 unspecified atom stereocenters. The predicted molar refractivity (Wildman–Crippen MR) is 101 cm³/mol. The average molecular weight is 363 g/mol. The number of carbonyl (C=O) groups is 2. The van der Waals surface area contributed by atoms with Gasteiger partial charge in [0, 0.05) is 9.77 Å². The maximum Gasteiger partial charge on any atom is 0.279 e. The van der Waals surface area contributed by atoms with Gasteiger partial charge < -0.3 is 0 Å². The summed E-state index contributed by atoms with van der Waals surface area (Å²) in [4.78, 5) is 27.1. The highest BCUT2D eigenvalue weighted by atomic mass is 32.2. The normalized spacial score (nSPS) is 11.8. The summed E-state index contributed by atoms with van der Waals surface area (Å²) in [5.41, 5.74) is 7.30. The van der Waals surface area contributed by atoms with Gasteiger partial charge in [-0.2, -0.15) is 0 Å². The van der Waals surface area contributed by atoms with Crippen LogP contribution in [0.1, 0.15) is 39.5 Å². The van der Waals surface area contributed by atoms with E-state index in [1.807, 2.05) is 51.1 Å². The summed E-state index contributed by atoms with van der Waals surface area (Å²) < 4.78 is 0. The number of rotatable bonds is 5. The van der Waals surface area contributed by atoms with Gasteiger partial charge >= 0.3 is 0 Å². The van der Waals surface area contributed by atoms with E-state index in [2.05, 4.69) is 17.8 Å². The molecule has 1 aromatic heterocycles. The first-order chi connectivity index (χ1) is 11.4. The van der Waals surface area contributed by atoms with E-state index in [4.69, 9.17) is 0 Å². The molecule has 0 bridgehead atoms. The molecular formula is C18H22N2O2S2. The first-order valence-electron chi connectivity index (χ1n) is 7.83. The van der Waals surface area contributed by atoms with Gasteiger partial charge in [-0.15, -0.1) is 23.1 Å². The quantitative estimate of drug-likeness (QED) is 0.627. The largest absolute Gasteiger partial charge is 0.279 e. The Balaban J connectivity index is 1.87. The number of thioether (sulfide) groups is 1. The van der Waals surface area contributed by atoms with Crippen molar-refractivity contribution in [2.45, 2.75) is 44.3 Å². The third-order valence-corrected chi connectivity index (χ3v) is 6.06. The van der Waals surface area contributed by atoms with Gasteiger partial charge in [0.25, 0.3) is 11.8 Å². The maximum atomic E-state index is 12.1. The van der Waals surface area contributed by atoms with Crippen molar-refractivity contribution in [1.82, 2.24) is 10.9 Å². The van der Waals surface area contributed by atoms with Crippen molar-refractivity contribution >= 4 is 34.9 Å². The summed E-state index contributed by atoms with van der Waals surface area (Å²) in [5.74, 6) is -0.499. The van der Waals surface area contributed by atoms with Crippen LogP contribution >= 0.6 is 23.1 Å². The molecule has 0 aliphatic carbocycles. The molecular weight excluding hydrogens is 340 g/mol. The SMILES string of the molecule is CCc1sc(C(=O)NNC(=O)[C@@H](C)Sc2ccc(C)cc2)cc1C. The number of nitrogens with one attached hydrogen (secondary N) is 2. The fraction of sp³-hybridized carbons (Fsp3) is 0.333. The molecule has 0 spiro atoms. The van der Waals surface area contributed by atoms with E-state index in [1.165, 1.54) is 33.5 Å². The minimum atomic E-state index is -0.302. The average Bonchev–Trinajstić information content (AvgIpc) is 2.95. The third kappa shape index (κ3) is 4.85. The third-order valence-electron chi connectivity index (χ3n) is 3.57. The van der Waals surface area contributed by atoms with Crippen LogP contribution in [0.25, 0.3) is 0 Å². The van der Waals surface area contributed by atoms with Gasteiger partial charge in [-0.25, -0.2) is 0 Å². The molecule has 2 aromatic rings. The van der Waals surface area contributed by atoms with Gasteiger partial charge in [0.2, 0.25) is 0 Å².